The van der Waals surface area contributed by atoms with E-state index in [1.165, 1.54) is 10.4 Å². The quantitative estimate of drug-likeness (QED) is 0.840. The summed E-state index contributed by atoms with van der Waals surface area (Å²) in [5.41, 5.74) is 2.40. The Morgan fingerprint density at radius 2 is 1.89 bits per heavy atom. The summed E-state index contributed by atoms with van der Waals surface area (Å²) < 4.78 is 0. The molecule has 2 nitrogen and oxygen atoms in total. The van der Waals surface area contributed by atoms with Crippen molar-refractivity contribution < 1.29 is 5.11 Å². The Hall–Kier alpha value is -2.53. The largest absolute Gasteiger partial charge is 0.507 e. The lowest BCUT2D eigenvalue weighted by Gasteiger charge is -2.08. The van der Waals surface area contributed by atoms with Gasteiger partial charge in [0.1, 0.15) is 11.8 Å². The first-order chi connectivity index (χ1) is 9.29. The maximum absolute atomic E-state index is 9.58. The van der Waals surface area contributed by atoms with Gasteiger partial charge in [-0.25, -0.2) is 0 Å². The molecule has 0 aliphatic heterocycles. The number of benzene rings is 2. The van der Waals surface area contributed by atoms with E-state index in [9.17, 15) is 5.11 Å². The second-order valence-corrected chi connectivity index (χ2v) is 4.64. The number of rotatable bonds is 1. The van der Waals surface area contributed by atoms with Crippen LogP contribution in [0.5, 0.6) is 5.75 Å². The topological polar surface area (TPSA) is 44.0 Å². The van der Waals surface area contributed by atoms with Crippen LogP contribution in [0, 0.1) is 11.3 Å². The minimum Gasteiger partial charge on any atom is -0.507 e. The SMILES string of the molecule is N#Cc1cc(-c2cccc3c2=CCCC=3)ccc1O. The van der Waals surface area contributed by atoms with Crippen LogP contribution in [0.15, 0.2) is 36.4 Å². The average Bonchev–Trinajstić information content (AvgIpc) is 2.47. The summed E-state index contributed by atoms with van der Waals surface area (Å²) in [5.74, 6) is 0.0339. The summed E-state index contributed by atoms with van der Waals surface area (Å²) >= 11 is 0. The van der Waals surface area contributed by atoms with Gasteiger partial charge in [-0.2, -0.15) is 5.26 Å². The van der Waals surface area contributed by atoms with Crippen molar-refractivity contribution in [1.82, 2.24) is 0 Å². The minimum absolute atomic E-state index is 0.0339. The van der Waals surface area contributed by atoms with Crippen LogP contribution in [0.2, 0.25) is 0 Å². The monoisotopic (exact) mass is 247 g/mol. The van der Waals surface area contributed by atoms with E-state index in [1.54, 1.807) is 12.1 Å². The van der Waals surface area contributed by atoms with E-state index in [0.29, 0.717) is 5.56 Å². The lowest BCUT2D eigenvalue weighted by molar-refractivity contribution is 0.473. The van der Waals surface area contributed by atoms with Gasteiger partial charge in [0.2, 0.25) is 0 Å². The molecule has 2 heteroatoms. The molecule has 0 unspecified atom stereocenters. The number of nitriles is 1. The van der Waals surface area contributed by atoms with Gasteiger partial charge in [0, 0.05) is 0 Å². The fourth-order valence-corrected chi connectivity index (χ4v) is 2.50. The minimum atomic E-state index is 0.0339. The molecule has 1 aliphatic rings. The number of fused-ring (bicyclic) bond motifs is 1. The summed E-state index contributed by atoms with van der Waals surface area (Å²) in [4.78, 5) is 0. The lowest BCUT2D eigenvalue weighted by Crippen LogP contribution is -2.28. The first kappa shape index (κ1) is 11.6. The smallest absolute Gasteiger partial charge is 0.133 e. The summed E-state index contributed by atoms with van der Waals surface area (Å²) in [5, 5.41) is 21.1. The zero-order chi connectivity index (χ0) is 13.2. The van der Waals surface area contributed by atoms with Gasteiger partial charge in [-0.15, -0.1) is 0 Å². The van der Waals surface area contributed by atoms with Gasteiger partial charge in [-0.1, -0.05) is 36.4 Å². The van der Waals surface area contributed by atoms with Gasteiger partial charge in [-0.05, 0) is 46.5 Å². The summed E-state index contributed by atoms with van der Waals surface area (Å²) in [6, 6.07) is 13.4. The van der Waals surface area contributed by atoms with Crippen LogP contribution in [0.4, 0.5) is 0 Å². The summed E-state index contributed by atoms with van der Waals surface area (Å²) in [6.45, 7) is 0. The highest BCUT2D eigenvalue weighted by Crippen LogP contribution is 2.23. The van der Waals surface area contributed by atoms with E-state index in [2.05, 4.69) is 24.3 Å². The first-order valence-electron chi connectivity index (χ1n) is 6.32. The van der Waals surface area contributed by atoms with Crippen molar-refractivity contribution in [3.8, 4) is 22.9 Å². The Morgan fingerprint density at radius 3 is 2.74 bits per heavy atom. The van der Waals surface area contributed by atoms with E-state index in [0.717, 1.165) is 24.0 Å². The summed E-state index contributed by atoms with van der Waals surface area (Å²) in [6.07, 6.45) is 6.61. The molecule has 1 aliphatic carbocycles. The number of hydrogen-bond acceptors (Lipinski definition) is 2. The van der Waals surface area contributed by atoms with Gasteiger partial charge < -0.3 is 5.11 Å². The third-order valence-corrected chi connectivity index (χ3v) is 3.45. The number of hydrogen-bond donors (Lipinski definition) is 1. The molecule has 0 atom stereocenters. The molecule has 19 heavy (non-hydrogen) atoms. The predicted molar refractivity (Wildman–Crippen MR) is 75.7 cm³/mol. The first-order valence-corrected chi connectivity index (χ1v) is 6.32. The molecule has 0 saturated heterocycles. The molecule has 0 spiro atoms. The Labute approximate surface area is 111 Å². The predicted octanol–water partition coefficient (Wildman–Crippen LogP) is 2.29. The molecule has 3 rings (SSSR count). The molecular weight excluding hydrogens is 234 g/mol. The van der Waals surface area contributed by atoms with E-state index in [4.69, 9.17) is 5.26 Å². The molecule has 0 aromatic heterocycles. The number of aromatic hydroxyl groups is 1. The van der Waals surface area contributed by atoms with Crippen molar-refractivity contribution in [2.24, 2.45) is 0 Å². The van der Waals surface area contributed by atoms with E-state index >= 15 is 0 Å². The normalized spacial score (nSPS) is 12.8. The average molecular weight is 247 g/mol. The Kier molecular flexibility index (Phi) is 2.81. The molecule has 2 aromatic carbocycles. The van der Waals surface area contributed by atoms with Crippen molar-refractivity contribution in [3.05, 3.63) is 52.4 Å². The maximum Gasteiger partial charge on any atom is 0.133 e. The second kappa shape index (κ2) is 4.62. The second-order valence-electron chi connectivity index (χ2n) is 4.64. The van der Waals surface area contributed by atoms with Crippen LogP contribution >= 0.6 is 0 Å². The molecule has 92 valence electrons. The van der Waals surface area contributed by atoms with Gasteiger partial charge in [0.05, 0.1) is 5.56 Å². The molecule has 0 amide bonds. The number of phenolic OH excluding ortho intramolecular Hbond substituents is 1. The van der Waals surface area contributed by atoms with Crippen molar-refractivity contribution in [1.29, 1.82) is 5.26 Å². The fourth-order valence-electron chi connectivity index (χ4n) is 2.50. The Bertz CT molecular complexity index is 797. The molecule has 1 N–H and O–H groups in total. The van der Waals surface area contributed by atoms with Crippen LogP contribution in [0.25, 0.3) is 23.3 Å². The van der Waals surface area contributed by atoms with Gasteiger partial charge in [0.25, 0.3) is 0 Å². The standard InChI is InChI=1S/C17H13NO/c18-11-14-10-13(8-9-17(14)19)16-7-3-5-12-4-1-2-6-15(12)16/h3-10,19H,1-2H2. The van der Waals surface area contributed by atoms with Crippen LogP contribution < -0.4 is 10.4 Å². The Balaban J connectivity index is 2.28. The van der Waals surface area contributed by atoms with Crippen molar-refractivity contribution >= 4 is 12.2 Å². The number of nitrogens with zero attached hydrogens (tertiary/aromatic N) is 1. The third kappa shape index (κ3) is 2.00. The third-order valence-electron chi connectivity index (χ3n) is 3.45. The van der Waals surface area contributed by atoms with E-state index in [-0.39, 0.29) is 5.75 Å². The van der Waals surface area contributed by atoms with Gasteiger partial charge in [0.15, 0.2) is 0 Å². The fraction of sp³-hybridized carbons (Fsp3) is 0.118. The molecule has 0 heterocycles. The molecule has 2 aromatic rings. The van der Waals surface area contributed by atoms with E-state index < -0.39 is 0 Å². The highest BCUT2D eigenvalue weighted by molar-refractivity contribution is 5.69. The van der Waals surface area contributed by atoms with Crippen LogP contribution in [0.3, 0.4) is 0 Å². The lowest BCUT2D eigenvalue weighted by atomic mass is 9.97. The number of phenols is 1. The molecule has 0 bridgehead atoms. The molecule has 0 radical (unpaired) electrons. The van der Waals surface area contributed by atoms with Gasteiger partial charge >= 0.3 is 0 Å². The van der Waals surface area contributed by atoms with Crippen LogP contribution in [0.1, 0.15) is 18.4 Å². The van der Waals surface area contributed by atoms with Crippen LogP contribution in [-0.2, 0) is 0 Å². The van der Waals surface area contributed by atoms with Crippen molar-refractivity contribution in [3.63, 3.8) is 0 Å². The van der Waals surface area contributed by atoms with Crippen molar-refractivity contribution in [2.75, 3.05) is 0 Å². The highest BCUT2D eigenvalue weighted by Gasteiger charge is 2.06. The molecular formula is C17H13NO. The van der Waals surface area contributed by atoms with E-state index in [1.807, 2.05) is 18.2 Å². The molecule has 0 saturated carbocycles. The zero-order valence-electron chi connectivity index (χ0n) is 10.4. The van der Waals surface area contributed by atoms with Crippen molar-refractivity contribution in [2.45, 2.75) is 12.8 Å². The molecule has 0 fully saturated rings. The maximum atomic E-state index is 9.58. The zero-order valence-corrected chi connectivity index (χ0v) is 10.4. The Morgan fingerprint density at radius 1 is 1.05 bits per heavy atom. The van der Waals surface area contributed by atoms with Crippen LogP contribution in [-0.4, -0.2) is 5.11 Å². The summed E-state index contributed by atoms with van der Waals surface area (Å²) in [7, 11) is 0. The highest BCUT2D eigenvalue weighted by atomic mass is 16.3. The van der Waals surface area contributed by atoms with Gasteiger partial charge in [-0.3, -0.25) is 0 Å².